The van der Waals surface area contributed by atoms with Gasteiger partial charge in [0.2, 0.25) is 5.91 Å². The van der Waals surface area contributed by atoms with E-state index in [2.05, 4.69) is 17.6 Å². The Balaban J connectivity index is 1.60. The van der Waals surface area contributed by atoms with Crippen molar-refractivity contribution in [2.75, 3.05) is 13.2 Å². The topological polar surface area (TPSA) is 50.4 Å². The van der Waals surface area contributed by atoms with Gasteiger partial charge in [-0.15, -0.1) is 0 Å². The van der Waals surface area contributed by atoms with Crippen molar-refractivity contribution < 1.29 is 9.53 Å². The van der Waals surface area contributed by atoms with Crippen LogP contribution < -0.4 is 15.4 Å². The molecule has 1 aromatic rings. The minimum atomic E-state index is 0.0952. The summed E-state index contributed by atoms with van der Waals surface area (Å²) in [5.41, 5.74) is 0. The van der Waals surface area contributed by atoms with Crippen molar-refractivity contribution in [2.45, 2.75) is 51.1 Å². The van der Waals surface area contributed by atoms with Gasteiger partial charge in [0.05, 0.1) is 13.0 Å². The van der Waals surface area contributed by atoms with Gasteiger partial charge in [-0.3, -0.25) is 4.79 Å². The molecular weight excluding hydrogens is 264 g/mol. The molecule has 1 aliphatic rings. The van der Waals surface area contributed by atoms with Gasteiger partial charge in [0, 0.05) is 12.1 Å². The molecule has 0 saturated heterocycles. The zero-order valence-corrected chi connectivity index (χ0v) is 12.8. The van der Waals surface area contributed by atoms with Crippen LogP contribution in [0.3, 0.4) is 0 Å². The van der Waals surface area contributed by atoms with Crippen LogP contribution in [0.5, 0.6) is 5.75 Å². The van der Waals surface area contributed by atoms with Crippen LogP contribution in [0.4, 0.5) is 0 Å². The van der Waals surface area contributed by atoms with Gasteiger partial charge >= 0.3 is 0 Å². The lowest BCUT2D eigenvalue weighted by atomic mass is 9.91. The smallest absolute Gasteiger partial charge is 0.223 e. The Labute approximate surface area is 127 Å². The molecule has 2 N–H and O–H groups in total. The lowest BCUT2D eigenvalue weighted by molar-refractivity contribution is -0.122. The van der Waals surface area contributed by atoms with Crippen LogP contribution in [0.25, 0.3) is 0 Å². The Bertz CT molecular complexity index is 414. The third-order valence-corrected chi connectivity index (χ3v) is 3.93. The van der Waals surface area contributed by atoms with Gasteiger partial charge in [-0.25, -0.2) is 0 Å². The maximum absolute atomic E-state index is 11.9. The summed E-state index contributed by atoms with van der Waals surface area (Å²) >= 11 is 0. The number of amides is 1. The molecule has 21 heavy (non-hydrogen) atoms. The molecule has 0 aromatic heterocycles. The molecule has 116 valence electrons. The molecule has 4 heteroatoms. The summed E-state index contributed by atoms with van der Waals surface area (Å²) in [4.78, 5) is 11.9. The number of ether oxygens (including phenoxy) is 1. The normalized spacial score (nSPS) is 21.8. The molecule has 2 rings (SSSR count). The predicted molar refractivity (Wildman–Crippen MR) is 84.4 cm³/mol. The molecule has 0 spiro atoms. The van der Waals surface area contributed by atoms with Crippen molar-refractivity contribution in [3.8, 4) is 5.75 Å². The maximum Gasteiger partial charge on any atom is 0.223 e. The number of rotatable bonds is 7. The minimum Gasteiger partial charge on any atom is -0.493 e. The number of hydrogen-bond donors (Lipinski definition) is 2. The Hall–Kier alpha value is -1.55. The van der Waals surface area contributed by atoms with Crippen molar-refractivity contribution in [1.82, 2.24) is 10.6 Å². The Kier molecular flexibility index (Phi) is 6.54. The molecule has 4 nitrogen and oxygen atoms in total. The summed E-state index contributed by atoms with van der Waals surface area (Å²) in [5, 5.41) is 6.60. The molecule has 1 amide bonds. The second-order valence-corrected chi connectivity index (χ2v) is 5.59. The quantitative estimate of drug-likeness (QED) is 0.811. The van der Waals surface area contributed by atoms with E-state index in [1.54, 1.807) is 0 Å². The SMILES string of the molecule is CCNC1CCC(NC(=O)CCOc2ccccc2)CC1. The summed E-state index contributed by atoms with van der Waals surface area (Å²) in [6, 6.07) is 10.6. The first-order valence-corrected chi connectivity index (χ1v) is 7.98. The minimum absolute atomic E-state index is 0.0952. The Morgan fingerprint density at radius 1 is 1.14 bits per heavy atom. The highest BCUT2D eigenvalue weighted by molar-refractivity contribution is 5.76. The highest BCUT2D eigenvalue weighted by atomic mass is 16.5. The van der Waals surface area contributed by atoms with Gasteiger partial charge in [0.15, 0.2) is 0 Å². The molecule has 1 fully saturated rings. The molecule has 0 radical (unpaired) electrons. The summed E-state index contributed by atoms with van der Waals surface area (Å²) in [5.74, 6) is 0.911. The van der Waals surface area contributed by atoms with E-state index in [9.17, 15) is 4.79 Å². The van der Waals surface area contributed by atoms with Crippen LogP contribution in [-0.4, -0.2) is 31.1 Å². The summed E-state index contributed by atoms with van der Waals surface area (Å²) in [7, 11) is 0. The van der Waals surface area contributed by atoms with E-state index >= 15 is 0 Å². The van der Waals surface area contributed by atoms with Crippen LogP contribution in [0, 0.1) is 0 Å². The van der Waals surface area contributed by atoms with Crippen LogP contribution in [0.1, 0.15) is 39.0 Å². The molecule has 0 unspecified atom stereocenters. The van der Waals surface area contributed by atoms with Crippen LogP contribution in [0.2, 0.25) is 0 Å². The van der Waals surface area contributed by atoms with Gasteiger partial charge in [0.1, 0.15) is 5.75 Å². The first kappa shape index (κ1) is 15.8. The number of hydrogen-bond acceptors (Lipinski definition) is 3. The van der Waals surface area contributed by atoms with Crippen LogP contribution in [0.15, 0.2) is 30.3 Å². The van der Waals surface area contributed by atoms with Crippen molar-refractivity contribution in [2.24, 2.45) is 0 Å². The Morgan fingerprint density at radius 2 is 1.81 bits per heavy atom. The number of para-hydroxylation sites is 1. The average Bonchev–Trinajstić information content (AvgIpc) is 2.51. The fourth-order valence-electron chi connectivity index (χ4n) is 2.81. The second-order valence-electron chi connectivity index (χ2n) is 5.59. The van der Waals surface area contributed by atoms with Gasteiger partial charge in [-0.1, -0.05) is 25.1 Å². The van der Waals surface area contributed by atoms with Crippen molar-refractivity contribution in [3.05, 3.63) is 30.3 Å². The molecule has 0 bridgehead atoms. The molecule has 1 aliphatic carbocycles. The number of carbonyl (C=O) groups is 1. The number of carbonyl (C=O) groups excluding carboxylic acids is 1. The van der Waals surface area contributed by atoms with Gasteiger partial charge in [-0.05, 0) is 44.4 Å². The molecule has 0 aliphatic heterocycles. The van der Waals surface area contributed by atoms with E-state index in [4.69, 9.17) is 4.74 Å². The van der Waals surface area contributed by atoms with Crippen LogP contribution in [-0.2, 0) is 4.79 Å². The van der Waals surface area contributed by atoms with Gasteiger partial charge in [-0.2, -0.15) is 0 Å². The standard InChI is InChI=1S/C17H26N2O2/c1-2-18-14-8-10-15(11-9-14)19-17(20)12-13-21-16-6-4-3-5-7-16/h3-7,14-15,18H,2,8-13H2,1H3,(H,19,20). The van der Waals surface area contributed by atoms with Gasteiger partial charge < -0.3 is 15.4 Å². The Morgan fingerprint density at radius 3 is 2.48 bits per heavy atom. The van der Waals surface area contributed by atoms with Gasteiger partial charge in [0.25, 0.3) is 0 Å². The maximum atomic E-state index is 11.9. The second kappa shape index (κ2) is 8.67. The third kappa shape index (κ3) is 5.76. The average molecular weight is 290 g/mol. The van der Waals surface area contributed by atoms with E-state index in [1.165, 1.54) is 0 Å². The van der Waals surface area contributed by atoms with E-state index < -0.39 is 0 Å². The molecule has 1 aromatic carbocycles. The lowest BCUT2D eigenvalue weighted by Crippen LogP contribution is -2.42. The van der Waals surface area contributed by atoms with E-state index in [1.807, 2.05) is 30.3 Å². The third-order valence-electron chi connectivity index (χ3n) is 3.93. The first-order valence-electron chi connectivity index (χ1n) is 7.98. The van der Waals surface area contributed by atoms with E-state index in [0.717, 1.165) is 38.0 Å². The molecular formula is C17H26N2O2. The highest BCUT2D eigenvalue weighted by Gasteiger charge is 2.21. The molecule has 0 atom stereocenters. The van der Waals surface area contributed by atoms with Crippen molar-refractivity contribution in [3.63, 3.8) is 0 Å². The zero-order chi connectivity index (χ0) is 14.9. The first-order chi connectivity index (χ1) is 10.3. The van der Waals surface area contributed by atoms with Crippen molar-refractivity contribution in [1.29, 1.82) is 0 Å². The summed E-state index contributed by atoms with van der Waals surface area (Å²) in [6.45, 7) is 3.60. The monoisotopic (exact) mass is 290 g/mol. The van der Waals surface area contributed by atoms with E-state index in [-0.39, 0.29) is 5.91 Å². The van der Waals surface area contributed by atoms with Crippen molar-refractivity contribution >= 4 is 5.91 Å². The highest BCUT2D eigenvalue weighted by Crippen LogP contribution is 2.18. The lowest BCUT2D eigenvalue weighted by Gasteiger charge is -2.29. The summed E-state index contributed by atoms with van der Waals surface area (Å²) in [6.07, 6.45) is 4.87. The predicted octanol–water partition coefficient (Wildman–Crippen LogP) is 2.49. The van der Waals surface area contributed by atoms with E-state index in [0.29, 0.717) is 25.1 Å². The number of nitrogens with one attached hydrogen (secondary N) is 2. The van der Waals surface area contributed by atoms with Crippen LogP contribution >= 0.6 is 0 Å². The fourth-order valence-corrected chi connectivity index (χ4v) is 2.81. The molecule has 1 saturated carbocycles. The zero-order valence-electron chi connectivity index (χ0n) is 12.8. The molecule has 0 heterocycles. The summed E-state index contributed by atoms with van der Waals surface area (Å²) < 4.78 is 5.54. The largest absolute Gasteiger partial charge is 0.493 e. The number of benzene rings is 1. The fraction of sp³-hybridized carbons (Fsp3) is 0.588.